The molecule has 1 heterocycles. The predicted octanol–water partition coefficient (Wildman–Crippen LogP) is 3.52. The number of hydrogen-bond acceptors (Lipinski definition) is 3. The van der Waals surface area contributed by atoms with Crippen molar-refractivity contribution in [1.29, 1.82) is 0 Å². The Morgan fingerprint density at radius 3 is 2.60 bits per heavy atom. The van der Waals surface area contributed by atoms with E-state index in [1.54, 1.807) is 30.3 Å². The molecule has 3 amide bonds. The number of carbonyl (C=O) groups excluding carboxylic acids is 2. The zero-order valence-electron chi connectivity index (χ0n) is 14.9. The molecule has 0 saturated heterocycles. The second-order valence-electron chi connectivity index (χ2n) is 6.23. The SMILES string of the molecule is C[C@@H](Cc1cccs1)NC(=O)Nc1ccccc1CCC(=O)N(C)C. The first-order valence-electron chi connectivity index (χ1n) is 8.33. The van der Waals surface area contributed by atoms with Gasteiger partial charge in [0.2, 0.25) is 5.91 Å². The summed E-state index contributed by atoms with van der Waals surface area (Å²) in [4.78, 5) is 26.9. The molecular weight excluding hydrogens is 334 g/mol. The maximum absolute atomic E-state index is 12.3. The number of amides is 3. The third kappa shape index (κ3) is 6.23. The number of para-hydroxylation sites is 1. The van der Waals surface area contributed by atoms with Gasteiger partial charge >= 0.3 is 6.03 Å². The van der Waals surface area contributed by atoms with Crippen molar-refractivity contribution in [3.8, 4) is 0 Å². The Labute approximate surface area is 153 Å². The number of anilines is 1. The lowest BCUT2D eigenvalue weighted by molar-refractivity contribution is -0.128. The molecule has 0 unspecified atom stereocenters. The molecule has 0 aliphatic carbocycles. The maximum atomic E-state index is 12.3. The molecule has 0 spiro atoms. The number of hydrogen-bond donors (Lipinski definition) is 2. The summed E-state index contributed by atoms with van der Waals surface area (Å²) >= 11 is 1.69. The molecule has 1 atom stereocenters. The first-order chi connectivity index (χ1) is 12.0. The van der Waals surface area contributed by atoms with Crippen LogP contribution in [0.3, 0.4) is 0 Å². The molecule has 0 saturated carbocycles. The van der Waals surface area contributed by atoms with Gasteiger partial charge in [0.05, 0.1) is 0 Å². The van der Waals surface area contributed by atoms with Crippen LogP contribution in [0.4, 0.5) is 10.5 Å². The molecule has 2 N–H and O–H groups in total. The fourth-order valence-electron chi connectivity index (χ4n) is 2.49. The molecule has 1 aromatic heterocycles. The van der Waals surface area contributed by atoms with E-state index in [2.05, 4.69) is 16.7 Å². The molecule has 0 aliphatic rings. The van der Waals surface area contributed by atoms with Crippen LogP contribution in [0.1, 0.15) is 23.8 Å². The fourth-order valence-corrected chi connectivity index (χ4v) is 3.32. The van der Waals surface area contributed by atoms with Crippen LogP contribution < -0.4 is 10.6 Å². The molecule has 134 valence electrons. The van der Waals surface area contributed by atoms with Crippen molar-refractivity contribution in [2.45, 2.75) is 32.2 Å². The number of urea groups is 1. The van der Waals surface area contributed by atoms with Gasteiger partial charge in [-0.3, -0.25) is 4.79 Å². The van der Waals surface area contributed by atoms with Crippen molar-refractivity contribution >= 4 is 29.0 Å². The number of carbonyl (C=O) groups is 2. The minimum Gasteiger partial charge on any atom is -0.349 e. The molecule has 6 heteroatoms. The van der Waals surface area contributed by atoms with Crippen LogP contribution in [0, 0.1) is 0 Å². The first kappa shape index (κ1) is 19.0. The Hall–Kier alpha value is -2.34. The van der Waals surface area contributed by atoms with Gasteiger partial charge in [0.1, 0.15) is 0 Å². The Balaban J connectivity index is 1.90. The molecule has 2 aromatic rings. The second kappa shape index (κ2) is 9.22. The van der Waals surface area contributed by atoms with Crippen LogP contribution >= 0.6 is 11.3 Å². The molecule has 2 rings (SSSR count). The van der Waals surface area contributed by atoms with E-state index in [1.165, 1.54) is 4.88 Å². The summed E-state index contributed by atoms with van der Waals surface area (Å²) in [6.45, 7) is 1.99. The number of nitrogens with one attached hydrogen (secondary N) is 2. The van der Waals surface area contributed by atoms with Gasteiger partial charge in [-0.25, -0.2) is 4.79 Å². The van der Waals surface area contributed by atoms with E-state index in [4.69, 9.17) is 0 Å². The van der Waals surface area contributed by atoms with Crippen molar-refractivity contribution in [1.82, 2.24) is 10.2 Å². The van der Waals surface area contributed by atoms with Gasteiger partial charge in [0.25, 0.3) is 0 Å². The molecule has 25 heavy (non-hydrogen) atoms. The summed E-state index contributed by atoms with van der Waals surface area (Å²) in [5.41, 5.74) is 1.70. The highest BCUT2D eigenvalue weighted by Gasteiger charge is 2.12. The van der Waals surface area contributed by atoms with E-state index in [0.29, 0.717) is 12.8 Å². The van der Waals surface area contributed by atoms with Gasteiger partial charge in [-0.05, 0) is 36.4 Å². The third-order valence-electron chi connectivity index (χ3n) is 3.84. The van der Waals surface area contributed by atoms with E-state index >= 15 is 0 Å². The summed E-state index contributed by atoms with van der Waals surface area (Å²) in [5, 5.41) is 7.90. The quantitative estimate of drug-likeness (QED) is 0.794. The Morgan fingerprint density at radius 1 is 1.16 bits per heavy atom. The zero-order chi connectivity index (χ0) is 18.2. The summed E-state index contributed by atoms with van der Waals surface area (Å²) in [5.74, 6) is 0.0730. The summed E-state index contributed by atoms with van der Waals surface area (Å²) < 4.78 is 0. The highest BCUT2D eigenvalue weighted by molar-refractivity contribution is 7.09. The third-order valence-corrected chi connectivity index (χ3v) is 4.74. The summed E-state index contributed by atoms with van der Waals surface area (Å²) in [6, 6.07) is 11.5. The Kier molecular flexibility index (Phi) is 7.01. The lowest BCUT2D eigenvalue weighted by Gasteiger charge is -2.16. The van der Waals surface area contributed by atoms with Crippen LogP contribution in [0.5, 0.6) is 0 Å². The zero-order valence-corrected chi connectivity index (χ0v) is 15.7. The minimum absolute atomic E-state index is 0.0427. The van der Waals surface area contributed by atoms with Crippen molar-refractivity contribution in [3.05, 3.63) is 52.2 Å². The average Bonchev–Trinajstić information content (AvgIpc) is 3.06. The molecule has 1 aromatic carbocycles. The van der Waals surface area contributed by atoms with Gasteiger partial charge < -0.3 is 15.5 Å². The van der Waals surface area contributed by atoms with Crippen molar-refractivity contribution < 1.29 is 9.59 Å². The highest BCUT2D eigenvalue weighted by Crippen LogP contribution is 2.17. The smallest absolute Gasteiger partial charge is 0.319 e. The number of rotatable bonds is 7. The summed E-state index contributed by atoms with van der Waals surface area (Å²) in [7, 11) is 3.49. The Morgan fingerprint density at radius 2 is 1.92 bits per heavy atom. The Bertz CT molecular complexity index is 698. The van der Waals surface area contributed by atoms with E-state index < -0.39 is 0 Å². The highest BCUT2D eigenvalue weighted by atomic mass is 32.1. The minimum atomic E-state index is -0.226. The molecular formula is C19H25N3O2S. The van der Waals surface area contributed by atoms with Gasteiger partial charge in [-0.2, -0.15) is 0 Å². The largest absolute Gasteiger partial charge is 0.349 e. The topological polar surface area (TPSA) is 61.4 Å². The average molecular weight is 359 g/mol. The van der Waals surface area contributed by atoms with Crippen molar-refractivity contribution in [2.24, 2.45) is 0 Å². The molecule has 5 nitrogen and oxygen atoms in total. The lowest BCUT2D eigenvalue weighted by Crippen LogP contribution is -2.37. The van der Waals surface area contributed by atoms with E-state index in [-0.39, 0.29) is 18.0 Å². The van der Waals surface area contributed by atoms with Gasteiger partial charge in [0, 0.05) is 43.5 Å². The first-order valence-corrected chi connectivity index (χ1v) is 9.21. The van der Waals surface area contributed by atoms with Crippen molar-refractivity contribution in [3.63, 3.8) is 0 Å². The van der Waals surface area contributed by atoms with Gasteiger partial charge in [-0.15, -0.1) is 11.3 Å². The molecule has 0 aliphatic heterocycles. The van der Waals surface area contributed by atoms with Crippen LogP contribution in [-0.2, 0) is 17.6 Å². The summed E-state index contributed by atoms with van der Waals surface area (Å²) in [6.07, 6.45) is 1.82. The maximum Gasteiger partial charge on any atom is 0.319 e. The second-order valence-corrected chi connectivity index (χ2v) is 7.26. The van der Waals surface area contributed by atoms with Gasteiger partial charge in [0.15, 0.2) is 0 Å². The van der Waals surface area contributed by atoms with Crippen LogP contribution in [0.15, 0.2) is 41.8 Å². The molecule has 0 bridgehead atoms. The lowest BCUT2D eigenvalue weighted by atomic mass is 10.1. The predicted molar refractivity (Wildman–Crippen MR) is 103 cm³/mol. The number of nitrogens with zero attached hydrogens (tertiary/aromatic N) is 1. The number of benzene rings is 1. The number of thiophene rings is 1. The monoisotopic (exact) mass is 359 g/mol. The van der Waals surface area contributed by atoms with Crippen LogP contribution in [0.25, 0.3) is 0 Å². The standard InChI is InChI=1S/C19H25N3O2S/c1-14(13-16-8-6-12-25-16)20-19(24)21-17-9-5-4-7-15(17)10-11-18(23)22(2)3/h4-9,12,14H,10-11,13H2,1-3H3,(H2,20,21,24)/t14-/m0/s1. The van der Waals surface area contributed by atoms with E-state index in [0.717, 1.165) is 17.7 Å². The van der Waals surface area contributed by atoms with E-state index in [9.17, 15) is 9.59 Å². The normalized spacial score (nSPS) is 11.6. The number of aryl methyl sites for hydroxylation is 1. The van der Waals surface area contributed by atoms with Crippen molar-refractivity contribution in [2.75, 3.05) is 19.4 Å². The van der Waals surface area contributed by atoms with E-state index in [1.807, 2.05) is 42.6 Å². The molecule has 0 fully saturated rings. The van der Waals surface area contributed by atoms with Gasteiger partial charge in [-0.1, -0.05) is 24.3 Å². The van der Waals surface area contributed by atoms with Crippen LogP contribution in [0.2, 0.25) is 0 Å². The van der Waals surface area contributed by atoms with Crippen LogP contribution in [-0.4, -0.2) is 37.0 Å². The molecule has 0 radical (unpaired) electrons. The fraction of sp³-hybridized carbons (Fsp3) is 0.368.